The summed E-state index contributed by atoms with van der Waals surface area (Å²) in [6, 6.07) is 10.2. The molecule has 0 atom stereocenters. The Hall–Kier alpha value is -1.54. The smallest absolute Gasteiger partial charge is 0.134 e. The topological polar surface area (TPSA) is 25.2 Å². The summed E-state index contributed by atoms with van der Waals surface area (Å²) in [7, 11) is 0. The van der Waals surface area contributed by atoms with Gasteiger partial charge in [0.1, 0.15) is 11.3 Å². The predicted octanol–water partition coefficient (Wildman–Crippen LogP) is 4.08. The Balaban J connectivity index is 2.02. The van der Waals surface area contributed by atoms with Gasteiger partial charge in [-0.1, -0.05) is 37.6 Å². The SMILES string of the molecule is CC(=Cc1cc2ccccc2o1)CNCC(C)C. The fraction of sp³-hybridized carbons (Fsp3) is 0.375. The third kappa shape index (κ3) is 3.47. The Kier molecular flexibility index (Phi) is 4.21. The van der Waals surface area contributed by atoms with Crippen LogP contribution in [0.5, 0.6) is 0 Å². The standard InChI is InChI=1S/C16H21NO/c1-12(2)10-17-11-13(3)8-15-9-14-6-4-5-7-16(14)18-15/h4-9,12,17H,10-11H2,1-3H3. The van der Waals surface area contributed by atoms with Gasteiger partial charge in [-0.3, -0.25) is 0 Å². The number of rotatable bonds is 5. The normalized spacial score (nSPS) is 12.6. The van der Waals surface area contributed by atoms with E-state index in [1.165, 1.54) is 5.57 Å². The minimum Gasteiger partial charge on any atom is -0.457 e. The molecule has 1 N–H and O–H groups in total. The third-order valence-electron chi connectivity index (χ3n) is 2.79. The highest BCUT2D eigenvalue weighted by molar-refractivity contribution is 5.79. The van der Waals surface area contributed by atoms with E-state index in [4.69, 9.17) is 4.42 Å². The van der Waals surface area contributed by atoms with Crippen LogP contribution in [-0.2, 0) is 0 Å². The Morgan fingerprint density at radius 1 is 1.33 bits per heavy atom. The number of benzene rings is 1. The molecule has 1 aromatic heterocycles. The zero-order valence-electron chi connectivity index (χ0n) is 11.4. The second kappa shape index (κ2) is 5.87. The van der Waals surface area contributed by atoms with Gasteiger partial charge in [-0.25, -0.2) is 0 Å². The first-order valence-corrected chi connectivity index (χ1v) is 6.51. The summed E-state index contributed by atoms with van der Waals surface area (Å²) in [6.07, 6.45) is 2.10. The van der Waals surface area contributed by atoms with Crippen LogP contribution in [-0.4, -0.2) is 13.1 Å². The van der Waals surface area contributed by atoms with Crippen molar-refractivity contribution in [2.45, 2.75) is 20.8 Å². The summed E-state index contributed by atoms with van der Waals surface area (Å²) in [5, 5.41) is 4.59. The lowest BCUT2D eigenvalue weighted by Gasteiger charge is -2.06. The van der Waals surface area contributed by atoms with E-state index in [9.17, 15) is 0 Å². The summed E-state index contributed by atoms with van der Waals surface area (Å²) < 4.78 is 5.76. The van der Waals surface area contributed by atoms with Crippen molar-refractivity contribution in [3.8, 4) is 0 Å². The van der Waals surface area contributed by atoms with Crippen LogP contribution in [0.2, 0.25) is 0 Å². The van der Waals surface area contributed by atoms with Crippen LogP contribution >= 0.6 is 0 Å². The molecule has 0 bridgehead atoms. The number of nitrogens with one attached hydrogen (secondary N) is 1. The lowest BCUT2D eigenvalue weighted by atomic mass is 10.2. The van der Waals surface area contributed by atoms with Crippen LogP contribution < -0.4 is 5.32 Å². The monoisotopic (exact) mass is 243 g/mol. The van der Waals surface area contributed by atoms with E-state index in [0.717, 1.165) is 29.8 Å². The average Bonchev–Trinajstić information content (AvgIpc) is 2.70. The highest BCUT2D eigenvalue weighted by Crippen LogP contribution is 2.20. The van der Waals surface area contributed by atoms with Crippen molar-refractivity contribution >= 4 is 17.0 Å². The van der Waals surface area contributed by atoms with Crippen molar-refractivity contribution in [2.24, 2.45) is 5.92 Å². The number of fused-ring (bicyclic) bond motifs is 1. The Bertz CT molecular complexity index is 504. The molecule has 0 fully saturated rings. The molecular weight excluding hydrogens is 222 g/mol. The lowest BCUT2D eigenvalue weighted by Crippen LogP contribution is -2.21. The summed E-state index contributed by atoms with van der Waals surface area (Å²) in [6.45, 7) is 8.51. The van der Waals surface area contributed by atoms with Crippen molar-refractivity contribution in [1.29, 1.82) is 0 Å². The van der Waals surface area contributed by atoms with Gasteiger partial charge in [0.15, 0.2) is 0 Å². The molecule has 2 nitrogen and oxygen atoms in total. The van der Waals surface area contributed by atoms with Gasteiger partial charge >= 0.3 is 0 Å². The van der Waals surface area contributed by atoms with Gasteiger partial charge in [-0.2, -0.15) is 0 Å². The molecule has 2 rings (SSSR count). The quantitative estimate of drug-likeness (QED) is 0.856. The third-order valence-corrected chi connectivity index (χ3v) is 2.79. The predicted molar refractivity (Wildman–Crippen MR) is 77.6 cm³/mol. The zero-order valence-corrected chi connectivity index (χ0v) is 11.4. The highest BCUT2D eigenvalue weighted by Gasteiger charge is 2.01. The fourth-order valence-corrected chi connectivity index (χ4v) is 1.93. The molecule has 18 heavy (non-hydrogen) atoms. The molecule has 0 radical (unpaired) electrons. The second-order valence-electron chi connectivity index (χ2n) is 5.20. The number of para-hydroxylation sites is 1. The van der Waals surface area contributed by atoms with E-state index in [0.29, 0.717) is 5.92 Å². The first-order chi connectivity index (χ1) is 8.65. The van der Waals surface area contributed by atoms with Gasteiger partial charge in [0.05, 0.1) is 0 Å². The summed E-state index contributed by atoms with van der Waals surface area (Å²) in [5.41, 5.74) is 2.24. The van der Waals surface area contributed by atoms with Crippen LogP contribution in [0.3, 0.4) is 0 Å². The maximum atomic E-state index is 5.76. The molecule has 0 saturated heterocycles. The van der Waals surface area contributed by atoms with Crippen LogP contribution in [0.15, 0.2) is 40.3 Å². The molecule has 0 saturated carbocycles. The number of hydrogen-bond donors (Lipinski definition) is 1. The molecule has 0 aliphatic heterocycles. The van der Waals surface area contributed by atoms with E-state index in [2.05, 4.69) is 44.3 Å². The van der Waals surface area contributed by atoms with Gasteiger partial charge in [-0.05, 0) is 37.6 Å². The molecular formula is C16H21NO. The van der Waals surface area contributed by atoms with E-state index in [1.54, 1.807) is 0 Å². The van der Waals surface area contributed by atoms with Crippen LogP contribution in [0.25, 0.3) is 17.0 Å². The van der Waals surface area contributed by atoms with Crippen molar-refractivity contribution in [1.82, 2.24) is 5.32 Å². The van der Waals surface area contributed by atoms with Crippen molar-refractivity contribution in [3.63, 3.8) is 0 Å². The summed E-state index contributed by atoms with van der Waals surface area (Å²) >= 11 is 0. The van der Waals surface area contributed by atoms with Gasteiger partial charge < -0.3 is 9.73 Å². The summed E-state index contributed by atoms with van der Waals surface area (Å²) in [5.74, 6) is 1.61. The molecule has 96 valence electrons. The van der Waals surface area contributed by atoms with E-state index in [1.807, 2.05) is 18.2 Å². The zero-order chi connectivity index (χ0) is 13.0. The molecule has 2 heteroatoms. The first-order valence-electron chi connectivity index (χ1n) is 6.51. The van der Waals surface area contributed by atoms with Crippen molar-refractivity contribution < 1.29 is 4.42 Å². The lowest BCUT2D eigenvalue weighted by molar-refractivity contribution is 0.571. The van der Waals surface area contributed by atoms with Gasteiger partial charge in [0.25, 0.3) is 0 Å². The molecule has 0 aliphatic rings. The minimum atomic E-state index is 0.684. The molecule has 0 spiro atoms. The number of hydrogen-bond acceptors (Lipinski definition) is 2. The fourth-order valence-electron chi connectivity index (χ4n) is 1.93. The van der Waals surface area contributed by atoms with Gasteiger partial charge in [-0.15, -0.1) is 0 Å². The number of furan rings is 1. The van der Waals surface area contributed by atoms with Crippen LogP contribution in [0, 0.1) is 5.92 Å². The van der Waals surface area contributed by atoms with Crippen LogP contribution in [0.4, 0.5) is 0 Å². The first kappa shape index (κ1) is 12.9. The Morgan fingerprint density at radius 3 is 2.83 bits per heavy atom. The minimum absolute atomic E-state index is 0.684. The Labute approximate surface area is 109 Å². The van der Waals surface area contributed by atoms with Crippen LogP contribution in [0.1, 0.15) is 26.5 Å². The maximum Gasteiger partial charge on any atom is 0.134 e. The highest BCUT2D eigenvalue weighted by atomic mass is 16.3. The molecule has 1 aromatic carbocycles. The van der Waals surface area contributed by atoms with E-state index >= 15 is 0 Å². The Morgan fingerprint density at radius 2 is 2.11 bits per heavy atom. The second-order valence-corrected chi connectivity index (χ2v) is 5.20. The van der Waals surface area contributed by atoms with Crippen molar-refractivity contribution in [2.75, 3.05) is 13.1 Å². The van der Waals surface area contributed by atoms with E-state index in [-0.39, 0.29) is 0 Å². The molecule has 0 amide bonds. The summed E-state index contributed by atoms with van der Waals surface area (Å²) in [4.78, 5) is 0. The molecule has 1 heterocycles. The van der Waals surface area contributed by atoms with Gasteiger partial charge in [0.2, 0.25) is 0 Å². The maximum absolute atomic E-state index is 5.76. The molecule has 2 aromatic rings. The average molecular weight is 243 g/mol. The van der Waals surface area contributed by atoms with Gasteiger partial charge in [0, 0.05) is 11.9 Å². The van der Waals surface area contributed by atoms with Crippen molar-refractivity contribution in [3.05, 3.63) is 41.7 Å². The van der Waals surface area contributed by atoms with E-state index < -0.39 is 0 Å². The molecule has 0 unspecified atom stereocenters. The largest absolute Gasteiger partial charge is 0.457 e. The molecule has 0 aliphatic carbocycles.